The van der Waals surface area contributed by atoms with Crippen LogP contribution in [-0.2, 0) is 17.8 Å². The van der Waals surface area contributed by atoms with Crippen molar-refractivity contribution in [3.05, 3.63) is 35.4 Å². The molecule has 3 rings (SSSR count). The fraction of sp³-hybridized carbons (Fsp3) is 0.250. The average molecular weight is 305 g/mol. The molecule has 2 aromatic rings. The minimum atomic E-state index is -1.03. The minimum Gasteiger partial charge on any atom is -0.480 e. The van der Waals surface area contributed by atoms with E-state index in [4.69, 9.17) is 0 Å². The van der Waals surface area contributed by atoms with Gasteiger partial charge in [-0.05, 0) is 16.3 Å². The third-order valence-electron chi connectivity index (χ3n) is 3.31. The third kappa shape index (κ3) is 2.68. The molecule has 1 aromatic heterocycles. The molecule has 2 heterocycles. The van der Waals surface area contributed by atoms with E-state index in [1.54, 1.807) is 0 Å². The summed E-state index contributed by atoms with van der Waals surface area (Å²) in [5.74, 6) is -1.03. The lowest BCUT2D eigenvalue weighted by Gasteiger charge is -2.34. The molecule has 8 nitrogen and oxygen atoms in total. The first-order valence-electron chi connectivity index (χ1n) is 6.17. The number of carboxylic acids is 1. The maximum atomic E-state index is 12.3. The second-order valence-electron chi connectivity index (χ2n) is 4.55. The number of hydrogen-bond donors (Lipinski definition) is 2. The molecule has 0 bridgehead atoms. The van der Waals surface area contributed by atoms with Crippen molar-refractivity contribution in [2.45, 2.75) is 19.0 Å². The van der Waals surface area contributed by atoms with Crippen LogP contribution in [0, 0.1) is 0 Å². The molecular weight excluding hydrogens is 294 g/mol. The summed E-state index contributed by atoms with van der Waals surface area (Å²) in [5.41, 5.74) is 1.90. The molecular formula is C12H11N5O3S. The number of nitrogens with zero attached hydrogens (tertiary/aromatic N) is 4. The van der Waals surface area contributed by atoms with Crippen LogP contribution in [0.25, 0.3) is 0 Å². The monoisotopic (exact) mass is 305 g/mol. The standard InChI is InChI=1S/C12H11N5O3S/c18-10(19)9-5-7-3-1-2-4-8(7)6-17(9)12(20)13-11-14-15-16-21-11/h1-4,9H,5-6H2,(H,18,19)(H,13,14,16,20)/t9-/m0/s1. The fourth-order valence-electron chi connectivity index (χ4n) is 2.30. The van der Waals surface area contributed by atoms with Crippen LogP contribution in [0.4, 0.5) is 9.93 Å². The summed E-state index contributed by atoms with van der Waals surface area (Å²) in [5, 5.41) is 19.1. The number of aromatic nitrogens is 3. The van der Waals surface area contributed by atoms with Crippen molar-refractivity contribution in [2.24, 2.45) is 0 Å². The predicted molar refractivity (Wildman–Crippen MR) is 73.8 cm³/mol. The summed E-state index contributed by atoms with van der Waals surface area (Å²) in [6.45, 7) is 0.241. The van der Waals surface area contributed by atoms with Crippen LogP contribution in [0.5, 0.6) is 0 Å². The van der Waals surface area contributed by atoms with Crippen molar-refractivity contribution in [3.63, 3.8) is 0 Å². The van der Waals surface area contributed by atoms with Gasteiger partial charge in [0, 0.05) is 24.5 Å². The molecule has 2 N–H and O–H groups in total. The number of urea groups is 1. The number of fused-ring (bicyclic) bond motifs is 1. The van der Waals surface area contributed by atoms with Crippen LogP contribution in [0.3, 0.4) is 0 Å². The molecule has 1 aliphatic rings. The summed E-state index contributed by atoms with van der Waals surface area (Å²) >= 11 is 0.932. The van der Waals surface area contributed by atoms with Crippen molar-refractivity contribution >= 4 is 28.7 Å². The first-order chi connectivity index (χ1) is 10.1. The summed E-state index contributed by atoms with van der Waals surface area (Å²) in [6, 6.07) is 6.08. The molecule has 0 unspecified atom stereocenters. The molecule has 0 fully saturated rings. The number of carbonyl (C=O) groups excluding carboxylic acids is 1. The van der Waals surface area contributed by atoms with Crippen LogP contribution in [0.1, 0.15) is 11.1 Å². The molecule has 1 aliphatic heterocycles. The van der Waals surface area contributed by atoms with Crippen LogP contribution in [0.15, 0.2) is 24.3 Å². The summed E-state index contributed by atoms with van der Waals surface area (Å²) in [4.78, 5) is 25.0. The number of carboxylic acid groups (broad SMARTS) is 1. The highest BCUT2D eigenvalue weighted by molar-refractivity contribution is 7.09. The highest BCUT2D eigenvalue weighted by Gasteiger charge is 2.34. The van der Waals surface area contributed by atoms with E-state index in [-0.39, 0.29) is 18.1 Å². The van der Waals surface area contributed by atoms with Gasteiger partial charge in [0.1, 0.15) is 6.04 Å². The Hall–Kier alpha value is -2.55. The Morgan fingerprint density at radius 3 is 2.76 bits per heavy atom. The lowest BCUT2D eigenvalue weighted by Crippen LogP contribution is -2.50. The van der Waals surface area contributed by atoms with Crippen LogP contribution in [-0.4, -0.2) is 42.8 Å². The number of rotatable bonds is 2. The smallest absolute Gasteiger partial charge is 0.326 e. The van der Waals surface area contributed by atoms with Crippen LogP contribution < -0.4 is 5.32 Å². The maximum absolute atomic E-state index is 12.3. The van der Waals surface area contributed by atoms with Crippen molar-refractivity contribution in [1.82, 2.24) is 19.7 Å². The van der Waals surface area contributed by atoms with E-state index in [2.05, 4.69) is 20.1 Å². The van der Waals surface area contributed by atoms with Crippen molar-refractivity contribution in [2.75, 3.05) is 5.32 Å². The third-order valence-corrected chi connectivity index (χ3v) is 3.82. The molecule has 9 heteroatoms. The van der Waals surface area contributed by atoms with Crippen molar-refractivity contribution in [3.8, 4) is 0 Å². The molecule has 2 amide bonds. The number of amides is 2. The number of nitrogens with one attached hydrogen (secondary N) is 1. The van der Waals surface area contributed by atoms with E-state index in [9.17, 15) is 14.7 Å². The molecule has 21 heavy (non-hydrogen) atoms. The Kier molecular flexibility index (Phi) is 3.48. The topological polar surface area (TPSA) is 108 Å². The zero-order valence-corrected chi connectivity index (χ0v) is 11.6. The number of benzene rings is 1. The van der Waals surface area contributed by atoms with Gasteiger partial charge in [-0.2, -0.15) is 0 Å². The number of hydrogen-bond acceptors (Lipinski definition) is 6. The summed E-state index contributed by atoms with van der Waals surface area (Å²) in [6.07, 6.45) is 0.285. The minimum absolute atomic E-state index is 0.239. The summed E-state index contributed by atoms with van der Waals surface area (Å²) < 4.78 is 3.54. The molecule has 0 aliphatic carbocycles. The molecule has 0 spiro atoms. The maximum Gasteiger partial charge on any atom is 0.326 e. The predicted octanol–water partition coefficient (Wildman–Crippen LogP) is 0.976. The van der Waals surface area contributed by atoms with E-state index in [1.807, 2.05) is 24.3 Å². The highest BCUT2D eigenvalue weighted by Crippen LogP contribution is 2.24. The first-order valence-corrected chi connectivity index (χ1v) is 6.94. The van der Waals surface area contributed by atoms with Crippen molar-refractivity contribution < 1.29 is 14.7 Å². The lowest BCUT2D eigenvalue weighted by molar-refractivity contribution is -0.142. The molecule has 0 radical (unpaired) electrons. The Bertz CT molecular complexity index is 675. The second-order valence-corrected chi connectivity index (χ2v) is 5.29. The van der Waals surface area contributed by atoms with Gasteiger partial charge < -0.3 is 10.0 Å². The Morgan fingerprint density at radius 1 is 1.33 bits per heavy atom. The van der Waals surface area contributed by atoms with Crippen molar-refractivity contribution in [1.29, 1.82) is 0 Å². The molecule has 0 saturated carbocycles. The van der Waals surface area contributed by atoms with Crippen LogP contribution in [0.2, 0.25) is 0 Å². The second kappa shape index (κ2) is 5.44. The number of carbonyl (C=O) groups is 2. The van der Waals surface area contributed by atoms with Gasteiger partial charge in [-0.15, -0.1) is 0 Å². The Balaban J connectivity index is 1.85. The van der Waals surface area contributed by atoms with Gasteiger partial charge in [0.15, 0.2) is 0 Å². The summed E-state index contributed by atoms with van der Waals surface area (Å²) in [7, 11) is 0. The quantitative estimate of drug-likeness (QED) is 0.856. The SMILES string of the molecule is O=C(O)[C@@H]1Cc2ccccc2CN1C(=O)Nc1nnns1. The van der Waals surface area contributed by atoms with Gasteiger partial charge in [-0.25, -0.2) is 9.59 Å². The van der Waals surface area contributed by atoms with E-state index >= 15 is 0 Å². The van der Waals surface area contributed by atoms with Gasteiger partial charge >= 0.3 is 12.0 Å². The van der Waals surface area contributed by atoms with E-state index in [1.165, 1.54) is 4.90 Å². The zero-order chi connectivity index (χ0) is 14.8. The van der Waals surface area contributed by atoms with Gasteiger partial charge in [-0.1, -0.05) is 33.9 Å². The molecule has 108 valence electrons. The molecule has 1 atom stereocenters. The van der Waals surface area contributed by atoms with E-state index in [0.717, 1.165) is 22.7 Å². The zero-order valence-electron chi connectivity index (χ0n) is 10.8. The first kappa shape index (κ1) is 13.4. The van der Waals surface area contributed by atoms with Crippen LogP contribution >= 0.6 is 11.5 Å². The fourth-order valence-corrected chi connectivity index (χ4v) is 2.66. The average Bonchev–Trinajstić information content (AvgIpc) is 2.98. The van der Waals surface area contributed by atoms with Gasteiger partial charge in [-0.3, -0.25) is 5.32 Å². The largest absolute Gasteiger partial charge is 0.480 e. The number of aliphatic carboxylic acids is 1. The Labute approximate surface area is 123 Å². The van der Waals surface area contributed by atoms with Gasteiger partial charge in [0.25, 0.3) is 0 Å². The van der Waals surface area contributed by atoms with E-state index in [0.29, 0.717) is 0 Å². The Morgan fingerprint density at radius 2 is 2.10 bits per heavy atom. The normalized spacial score (nSPS) is 17.1. The molecule has 1 aromatic carbocycles. The lowest BCUT2D eigenvalue weighted by atomic mass is 9.94. The van der Waals surface area contributed by atoms with Gasteiger partial charge in [0.2, 0.25) is 5.13 Å². The van der Waals surface area contributed by atoms with E-state index < -0.39 is 18.0 Å². The highest BCUT2D eigenvalue weighted by atomic mass is 32.1. The molecule has 0 saturated heterocycles. The van der Waals surface area contributed by atoms with Gasteiger partial charge in [0.05, 0.1) is 0 Å². The number of anilines is 1.